The molecule has 0 saturated carbocycles. The molecular weight excluding hydrogens is 243 g/mol. The number of rotatable bonds is 7. The lowest BCUT2D eigenvalue weighted by atomic mass is 10.0. The Morgan fingerprint density at radius 1 is 1.32 bits per heavy atom. The van der Waals surface area contributed by atoms with Gasteiger partial charge in [0, 0.05) is 24.7 Å². The Morgan fingerprint density at radius 2 is 2.00 bits per heavy atom. The largest absolute Gasteiger partial charge is 0.508 e. The number of nitrogens with one attached hydrogen (secondary N) is 1. The van der Waals surface area contributed by atoms with Crippen molar-refractivity contribution in [1.82, 2.24) is 10.2 Å². The van der Waals surface area contributed by atoms with Crippen LogP contribution in [0.5, 0.6) is 5.75 Å². The fraction of sp³-hybridized carbons (Fsp3) is 0.600. The zero-order valence-corrected chi connectivity index (χ0v) is 12.3. The standard InChI is InChI=1S/C15H25FN2O/c1-11(2)7-14(10-18(3)4)17-9-12-8-13(16)5-6-15(12)19/h5-6,8,11,14,17,19H,7,9-10H2,1-4H3. The maximum atomic E-state index is 13.1. The third-order valence-electron chi connectivity index (χ3n) is 2.96. The van der Waals surface area contributed by atoms with Crippen LogP contribution in [0.3, 0.4) is 0 Å². The molecule has 19 heavy (non-hydrogen) atoms. The summed E-state index contributed by atoms with van der Waals surface area (Å²) in [5.74, 6) is 0.420. The van der Waals surface area contributed by atoms with Gasteiger partial charge in [0.15, 0.2) is 0 Å². The number of benzene rings is 1. The summed E-state index contributed by atoms with van der Waals surface area (Å²) in [7, 11) is 4.07. The molecule has 0 bridgehead atoms. The number of likely N-dealkylation sites (N-methyl/N-ethyl adjacent to an activating group) is 1. The molecule has 4 heteroatoms. The second-order valence-electron chi connectivity index (χ2n) is 5.74. The molecule has 1 atom stereocenters. The molecule has 0 aliphatic carbocycles. The summed E-state index contributed by atoms with van der Waals surface area (Å²) in [6.07, 6.45) is 1.05. The Morgan fingerprint density at radius 3 is 2.58 bits per heavy atom. The molecule has 3 nitrogen and oxygen atoms in total. The average molecular weight is 268 g/mol. The number of aromatic hydroxyl groups is 1. The minimum Gasteiger partial charge on any atom is -0.508 e. The molecule has 0 fully saturated rings. The van der Waals surface area contributed by atoms with Gasteiger partial charge in [-0.05, 0) is 44.6 Å². The first-order chi connectivity index (χ1) is 8.88. The van der Waals surface area contributed by atoms with Gasteiger partial charge in [-0.25, -0.2) is 4.39 Å². The van der Waals surface area contributed by atoms with Crippen LogP contribution in [0.25, 0.3) is 0 Å². The molecule has 0 aliphatic heterocycles. The Kier molecular flexibility index (Phi) is 6.25. The van der Waals surface area contributed by atoms with Crippen LogP contribution in [0.1, 0.15) is 25.8 Å². The molecule has 1 rings (SSSR count). The zero-order chi connectivity index (χ0) is 14.4. The van der Waals surface area contributed by atoms with Crippen LogP contribution in [-0.4, -0.2) is 36.7 Å². The van der Waals surface area contributed by atoms with E-state index >= 15 is 0 Å². The average Bonchev–Trinajstić information content (AvgIpc) is 2.28. The first kappa shape index (κ1) is 15.9. The summed E-state index contributed by atoms with van der Waals surface area (Å²) in [5.41, 5.74) is 0.604. The van der Waals surface area contributed by atoms with Crippen molar-refractivity contribution in [3.05, 3.63) is 29.6 Å². The maximum Gasteiger partial charge on any atom is 0.123 e. The van der Waals surface area contributed by atoms with Crippen molar-refractivity contribution in [2.75, 3.05) is 20.6 Å². The molecule has 0 aliphatic rings. The van der Waals surface area contributed by atoms with Crippen molar-refractivity contribution < 1.29 is 9.50 Å². The highest BCUT2D eigenvalue weighted by atomic mass is 19.1. The summed E-state index contributed by atoms with van der Waals surface area (Å²) in [5, 5.41) is 13.1. The third kappa shape index (κ3) is 6.03. The maximum absolute atomic E-state index is 13.1. The van der Waals surface area contributed by atoms with E-state index in [0.717, 1.165) is 13.0 Å². The Labute approximate surface area is 115 Å². The van der Waals surface area contributed by atoms with Gasteiger partial charge in [0.05, 0.1) is 0 Å². The van der Waals surface area contributed by atoms with Gasteiger partial charge in [0.25, 0.3) is 0 Å². The minimum absolute atomic E-state index is 0.141. The first-order valence-corrected chi connectivity index (χ1v) is 6.74. The van der Waals surface area contributed by atoms with E-state index in [1.165, 1.54) is 18.2 Å². The molecular formula is C15H25FN2O. The summed E-state index contributed by atoms with van der Waals surface area (Å²) in [6.45, 7) is 5.77. The van der Waals surface area contributed by atoms with Gasteiger partial charge < -0.3 is 15.3 Å². The summed E-state index contributed by atoms with van der Waals surface area (Å²) < 4.78 is 13.1. The Bertz CT molecular complexity index is 384. The first-order valence-electron chi connectivity index (χ1n) is 6.74. The van der Waals surface area contributed by atoms with E-state index < -0.39 is 0 Å². The third-order valence-corrected chi connectivity index (χ3v) is 2.96. The van der Waals surface area contributed by atoms with Crippen molar-refractivity contribution in [1.29, 1.82) is 0 Å². The zero-order valence-electron chi connectivity index (χ0n) is 12.3. The lowest BCUT2D eigenvalue weighted by molar-refractivity contribution is 0.304. The topological polar surface area (TPSA) is 35.5 Å². The fourth-order valence-corrected chi connectivity index (χ4v) is 2.18. The van der Waals surface area contributed by atoms with Gasteiger partial charge in [-0.3, -0.25) is 0 Å². The van der Waals surface area contributed by atoms with E-state index in [4.69, 9.17) is 0 Å². The van der Waals surface area contributed by atoms with Crippen molar-refractivity contribution in [3.8, 4) is 5.75 Å². The van der Waals surface area contributed by atoms with Gasteiger partial charge in [-0.1, -0.05) is 13.8 Å². The number of phenolic OH excluding ortho intramolecular Hbond substituents is 1. The summed E-state index contributed by atoms with van der Waals surface area (Å²) in [4.78, 5) is 2.13. The number of phenols is 1. The monoisotopic (exact) mass is 268 g/mol. The van der Waals surface area contributed by atoms with Crippen molar-refractivity contribution in [3.63, 3.8) is 0 Å². The molecule has 1 aromatic rings. The van der Waals surface area contributed by atoms with Crippen LogP contribution in [-0.2, 0) is 6.54 Å². The van der Waals surface area contributed by atoms with Crippen LogP contribution in [0.15, 0.2) is 18.2 Å². The number of hydrogen-bond donors (Lipinski definition) is 2. The van der Waals surface area contributed by atoms with Crippen LogP contribution in [0.4, 0.5) is 4.39 Å². The Hall–Kier alpha value is -1.13. The quantitative estimate of drug-likeness (QED) is 0.798. The highest BCUT2D eigenvalue weighted by molar-refractivity contribution is 5.32. The van der Waals surface area contributed by atoms with Crippen LogP contribution in [0.2, 0.25) is 0 Å². The smallest absolute Gasteiger partial charge is 0.123 e. The molecule has 0 amide bonds. The minimum atomic E-state index is -0.317. The molecule has 0 heterocycles. The van der Waals surface area contributed by atoms with E-state index in [0.29, 0.717) is 24.1 Å². The van der Waals surface area contributed by atoms with Crippen molar-refractivity contribution >= 4 is 0 Å². The predicted octanol–water partition coefficient (Wildman–Crippen LogP) is 2.60. The van der Waals surface area contributed by atoms with Crippen LogP contribution < -0.4 is 5.32 Å². The number of nitrogens with zero attached hydrogens (tertiary/aromatic N) is 1. The van der Waals surface area contributed by atoms with E-state index in [9.17, 15) is 9.50 Å². The van der Waals surface area contributed by atoms with E-state index in [1.54, 1.807) is 0 Å². The van der Waals surface area contributed by atoms with Crippen molar-refractivity contribution in [2.45, 2.75) is 32.9 Å². The predicted molar refractivity (Wildman–Crippen MR) is 76.7 cm³/mol. The SMILES string of the molecule is CC(C)CC(CN(C)C)NCc1cc(F)ccc1O. The summed E-state index contributed by atoms with van der Waals surface area (Å²) >= 11 is 0. The number of hydrogen-bond acceptors (Lipinski definition) is 3. The Balaban J connectivity index is 2.61. The molecule has 0 spiro atoms. The normalized spacial score (nSPS) is 13.2. The molecule has 108 valence electrons. The second kappa shape index (κ2) is 7.46. The van der Waals surface area contributed by atoms with Crippen LogP contribution >= 0.6 is 0 Å². The van der Waals surface area contributed by atoms with Gasteiger partial charge >= 0.3 is 0 Å². The van der Waals surface area contributed by atoms with E-state index in [1.807, 2.05) is 14.1 Å². The second-order valence-corrected chi connectivity index (χ2v) is 5.74. The van der Waals surface area contributed by atoms with E-state index in [2.05, 4.69) is 24.1 Å². The molecule has 0 saturated heterocycles. The number of halogens is 1. The lowest BCUT2D eigenvalue weighted by Gasteiger charge is -2.24. The highest BCUT2D eigenvalue weighted by Crippen LogP contribution is 2.18. The van der Waals surface area contributed by atoms with Gasteiger partial charge in [0.1, 0.15) is 11.6 Å². The van der Waals surface area contributed by atoms with Gasteiger partial charge in [0.2, 0.25) is 0 Å². The van der Waals surface area contributed by atoms with Gasteiger partial charge in [-0.2, -0.15) is 0 Å². The van der Waals surface area contributed by atoms with Crippen LogP contribution in [0, 0.1) is 11.7 Å². The fourth-order valence-electron chi connectivity index (χ4n) is 2.18. The van der Waals surface area contributed by atoms with Gasteiger partial charge in [-0.15, -0.1) is 0 Å². The highest BCUT2D eigenvalue weighted by Gasteiger charge is 2.12. The molecule has 2 N–H and O–H groups in total. The van der Waals surface area contributed by atoms with Crippen molar-refractivity contribution in [2.24, 2.45) is 5.92 Å². The molecule has 1 aromatic carbocycles. The molecule has 0 radical (unpaired) electrons. The lowest BCUT2D eigenvalue weighted by Crippen LogP contribution is -2.38. The van der Waals surface area contributed by atoms with E-state index in [-0.39, 0.29) is 11.6 Å². The molecule has 0 aromatic heterocycles. The summed E-state index contributed by atoms with van der Waals surface area (Å²) in [6, 6.07) is 4.38. The molecule has 1 unspecified atom stereocenters.